The summed E-state index contributed by atoms with van der Waals surface area (Å²) in [7, 11) is 0. The Labute approximate surface area is 105 Å². The van der Waals surface area contributed by atoms with E-state index in [1.165, 1.54) is 0 Å². The van der Waals surface area contributed by atoms with Crippen LogP contribution in [0.3, 0.4) is 0 Å². The summed E-state index contributed by atoms with van der Waals surface area (Å²) >= 11 is 0. The number of carboxylic acids is 1. The van der Waals surface area contributed by atoms with Crippen LogP contribution in [0.5, 0.6) is 0 Å². The van der Waals surface area contributed by atoms with E-state index in [2.05, 4.69) is 15.5 Å². The molecule has 0 saturated carbocycles. The van der Waals surface area contributed by atoms with E-state index < -0.39 is 11.9 Å². The van der Waals surface area contributed by atoms with Crippen LogP contribution < -0.4 is 0 Å². The number of carboxylic acid groups (broad SMARTS) is 1. The molecule has 2 rings (SSSR count). The maximum absolute atomic E-state index is 11.0. The van der Waals surface area contributed by atoms with E-state index >= 15 is 0 Å². The SMILES string of the molecule is CC(C(=O)O)C(C)n1nnnc1C1CCCCO1. The first-order chi connectivity index (χ1) is 8.61. The van der Waals surface area contributed by atoms with Crippen molar-refractivity contribution in [3.8, 4) is 0 Å². The molecule has 0 aromatic carbocycles. The molecule has 0 aliphatic carbocycles. The highest BCUT2D eigenvalue weighted by atomic mass is 16.5. The maximum atomic E-state index is 11.0. The van der Waals surface area contributed by atoms with Crippen molar-refractivity contribution in [3.05, 3.63) is 5.82 Å². The van der Waals surface area contributed by atoms with Gasteiger partial charge in [-0.1, -0.05) is 0 Å². The summed E-state index contributed by atoms with van der Waals surface area (Å²) in [6.45, 7) is 4.17. The Bertz CT molecular complexity index is 414. The van der Waals surface area contributed by atoms with Gasteiger partial charge in [-0.3, -0.25) is 4.79 Å². The fourth-order valence-electron chi connectivity index (χ4n) is 2.07. The van der Waals surface area contributed by atoms with Gasteiger partial charge in [0.2, 0.25) is 0 Å². The fraction of sp³-hybridized carbons (Fsp3) is 0.818. The first kappa shape index (κ1) is 12.9. The van der Waals surface area contributed by atoms with Gasteiger partial charge in [0, 0.05) is 6.61 Å². The Morgan fingerprint density at radius 1 is 1.50 bits per heavy atom. The van der Waals surface area contributed by atoms with Crippen molar-refractivity contribution < 1.29 is 14.6 Å². The molecule has 0 amide bonds. The highest BCUT2D eigenvalue weighted by Crippen LogP contribution is 2.28. The number of carbonyl (C=O) groups is 1. The van der Waals surface area contributed by atoms with Crippen LogP contribution in [0.15, 0.2) is 0 Å². The minimum atomic E-state index is -0.853. The van der Waals surface area contributed by atoms with Gasteiger partial charge in [-0.15, -0.1) is 5.10 Å². The van der Waals surface area contributed by atoms with Crippen LogP contribution in [0.25, 0.3) is 0 Å². The van der Waals surface area contributed by atoms with Gasteiger partial charge in [-0.2, -0.15) is 0 Å². The van der Waals surface area contributed by atoms with Crippen LogP contribution in [0, 0.1) is 5.92 Å². The number of rotatable bonds is 4. The zero-order chi connectivity index (χ0) is 13.1. The standard InChI is InChI=1S/C11H18N4O3/c1-7(11(16)17)8(2)15-10(12-13-14-15)9-5-3-4-6-18-9/h7-9H,3-6H2,1-2H3,(H,16,17). The van der Waals surface area contributed by atoms with Crippen molar-refractivity contribution in [3.63, 3.8) is 0 Å². The molecule has 1 N–H and O–H groups in total. The first-order valence-electron chi connectivity index (χ1n) is 6.23. The molecule has 7 heteroatoms. The van der Waals surface area contributed by atoms with E-state index in [0.717, 1.165) is 19.3 Å². The molecule has 1 saturated heterocycles. The summed E-state index contributed by atoms with van der Waals surface area (Å²) in [5.74, 6) is -0.764. The molecule has 1 fully saturated rings. The number of tetrazole rings is 1. The second-order valence-electron chi connectivity index (χ2n) is 4.70. The van der Waals surface area contributed by atoms with Crippen molar-refractivity contribution in [1.82, 2.24) is 20.2 Å². The molecular formula is C11H18N4O3. The summed E-state index contributed by atoms with van der Waals surface area (Å²) in [4.78, 5) is 11.0. The molecule has 1 aliphatic heterocycles. The third kappa shape index (κ3) is 2.50. The molecular weight excluding hydrogens is 236 g/mol. The Balaban J connectivity index is 2.18. The van der Waals surface area contributed by atoms with Gasteiger partial charge < -0.3 is 9.84 Å². The van der Waals surface area contributed by atoms with E-state index in [1.54, 1.807) is 11.6 Å². The summed E-state index contributed by atoms with van der Waals surface area (Å²) in [5, 5.41) is 20.6. The number of aliphatic carboxylic acids is 1. The highest BCUT2D eigenvalue weighted by Gasteiger charge is 2.29. The number of nitrogens with zero attached hydrogens (tertiary/aromatic N) is 4. The molecule has 100 valence electrons. The largest absolute Gasteiger partial charge is 0.481 e. The molecule has 7 nitrogen and oxygen atoms in total. The quantitative estimate of drug-likeness (QED) is 0.868. The van der Waals surface area contributed by atoms with Gasteiger partial charge in [0.25, 0.3) is 0 Å². The zero-order valence-corrected chi connectivity index (χ0v) is 10.6. The highest BCUT2D eigenvalue weighted by molar-refractivity contribution is 5.70. The van der Waals surface area contributed by atoms with Gasteiger partial charge in [0.05, 0.1) is 12.0 Å². The zero-order valence-electron chi connectivity index (χ0n) is 10.6. The van der Waals surface area contributed by atoms with E-state index in [9.17, 15) is 4.79 Å². The lowest BCUT2D eigenvalue weighted by atomic mass is 10.0. The Morgan fingerprint density at radius 2 is 2.28 bits per heavy atom. The smallest absolute Gasteiger partial charge is 0.308 e. The van der Waals surface area contributed by atoms with Gasteiger partial charge in [0.15, 0.2) is 5.82 Å². The summed E-state index contributed by atoms with van der Waals surface area (Å²) < 4.78 is 7.22. The summed E-state index contributed by atoms with van der Waals surface area (Å²) in [6.07, 6.45) is 2.91. The van der Waals surface area contributed by atoms with Crippen molar-refractivity contribution in [2.75, 3.05) is 6.61 Å². The molecule has 2 heterocycles. The predicted molar refractivity (Wildman–Crippen MR) is 61.9 cm³/mol. The van der Waals surface area contributed by atoms with Crippen LogP contribution in [0.4, 0.5) is 0 Å². The fourth-order valence-corrected chi connectivity index (χ4v) is 2.07. The lowest BCUT2D eigenvalue weighted by Gasteiger charge is -2.24. The van der Waals surface area contributed by atoms with Crippen LogP contribution in [0.2, 0.25) is 0 Å². The monoisotopic (exact) mass is 254 g/mol. The van der Waals surface area contributed by atoms with Crippen LogP contribution in [-0.4, -0.2) is 37.9 Å². The summed E-state index contributed by atoms with van der Waals surface area (Å²) in [5.41, 5.74) is 0. The first-order valence-corrected chi connectivity index (χ1v) is 6.23. The average molecular weight is 254 g/mol. The number of ether oxygens (including phenoxy) is 1. The van der Waals surface area contributed by atoms with Crippen molar-refractivity contribution in [2.45, 2.75) is 45.3 Å². The Hall–Kier alpha value is -1.50. The van der Waals surface area contributed by atoms with Crippen molar-refractivity contribution in [2.24, 2.45) is 5.92 Å². The Kier molecular flexibility index (Phi) is 3.90. The second kappa shape index (κ2) is 5.43. The number of hydrogen-bond donors (Lipinski definition) is 1. The maximum Gasteiger partial charge on any atom is 0.308 e. The molecule has 18 heavy (non-hydrogen) atoms. The van der Waals surface area contributed by atoms with E-state index in [1.807, 2.05) is 6.92 Å². The predicted octanol–water partition coefficient (Wildman–Crippen LogP) is 1.20. The van der Waals surface area contributed by atoms with Gasteiger partial charge in [-0.05, 0) is 43.5 Å². The van der Waals surface area contributed by atoms with E-state index in [-0.39, 0.29) is 12.1 Å². The number of hydrogen-bond acceptors (Lipinski definition) is 5. The molecule has 0 spiro atoms. The molecule has 3 atom stereocenters. The minimum absolute atomic E-state index is 0.114. The van der Waals surface area contributed by atoms with Crippen LogP contribution >= 0.6 is 0 Å². The minimum Gasteiger partial charge on any atom is -0.481 e. The molecule has 0 radical (unpaired) electrons. The number of aromatic nitrogens is 4. The van der Waals surface area contributed by atoms with Crippen molar-refractivity contribution >= 4 is 5.97 Å². The Morgan fingerprint density at radius 3 is 2.89 bits per heavy atom. The van der Waals surface area contributed by atoms with Crippen LogP contribution in [0.1, 0.15) is 51.1 Å². The molecule has 1 aromatic rings. The average Bonchev–Trinajstić information content (AvgIpc) is 2.87. The van der Waals surface area contributed by atoms with E-state index in [4.69, 9.17) is 9.84 Å². The molecule has 3 unspecified atom stereocenters. The van der Waals surface area contributed by atoms with E-state index in [0.29, 0.717) is 12.4 Å². The third-order valence-electron chi connectivity index (χ3n) is 3.48. The molecule has 0 bridgehead atoms. The normalized spacial score (nSPS) is 23.6. The third-order valence-corrected chi connectivity index (χ3v) is 3.48. The van der Waals surface area contributed by atoms with Crippen LogP contribution in [-0.2, 0) is 9.53 Å². The van der Waals surface area contributed by atoms with Gasteiger partial charge in [0.1, 0.15) is 6.10 Å². The molecule has 1 aromatic heterocycles. The van der Waals surface area contributed by atoms with Gasteiger partial charge >= 0.3 is 5.97 Å². The lowest BCUT2D eigenvalue weighted by molar-refractivity contribution is -0.142. The topological polar surface area (TPSA) is 90.1 Å². The molecule has 1 aliphatic rings. The van der Waals surface area contributed by atoms with Crippen molar-refractivity contribution in [1.29, 1.82) is 0 Å². The van der Waals surface area contributed by atoms with Gasteiger partial charge in [-0.25, -0.2) is 4.68 Å². The second-order valence-corrected chi connectivity index (χ2v) is 4.70. The lowest BCUT2D eigenvalue weighted by Crippen LogP contribution is -2.26. The summed E-state index contributed by atoms with van der Waals surface area (Å²) in [6, 6.07) is -0.293.